The van der Waals surface area contributed by atoms with Crippen LogP contribution in [0, 0.1) is 12.8 Å². The summed E-state index contributed by atoms with van der Waals surface area (Å²) < 4.78 is 26.7. The highest BCUT2D eigenvalue weighted by molar-refractivity contribution is 7.92. The van der Waals surface area contributed by atoms with Crippen LogP contribution in [0.3, 0.4) is 0 Å². The van der Waals surface area contributed by atoms with Gasteiger partial charge >= 0.3 is 0 Å². The van der Waals surface area contributed by atoms with E-state index in [0.29, 0.717) is 6.54 Å². The largest absolute Gasteiger partial charge is 0.354 e. The Bertz CT molecular complexity index is 1430. The Morgan fingerprint density at radius 1 is 0.925 bits per heavy atom. The summed E-state index contributed by atoms with van der Waals surface area (Å²) in [5.41, 5.74) is 2.77. The van der Waals surface area contributed by atoms with E-state index in [0.717, 1.165) is 27.3 Å². The molecule has 0 saturated carbocycles. The van der Waals surface area contributed by atoms with Gasteiger partial charge in [-0.1, -0.05) is 97.2 Å². The van der Waals surface area contributed by atoms with Crippen molar-refractivity contribution < 1.29 is 18.0 Å². The second-order valence-electron chi connectivity index (χ2n) is 10.2. The summed E-state index contributed by atoms with van der Waals surface area (Å²) in [6, 6.07) is 20.6. The highest BCUT2D eigenvalue weighted by atomic mass is 35.5. The minimum absolute atomic E-state index is 0.0874. The smallest absolute Gasteiger partial charge is 0.244 e. The van der Waals surface area contributed by atoms with Crippen LogP contribution in [0.4, 0.5) is 5.69 Å². The van der Waals surface area contributed by atoms with E-state index in [1.54, 1.807) is 0 Å². The van der Waals surface area contributed by atoms with Gasteiger partial charge in [-0.05, 0) is 42.2 Å². The number of rotatable bonds is 12. The van der Waals surface area contributed by atoms with Crippen molar-refractivity contribution in [2.24, 2.45) is 5.92 Å². The van der Waals surface area contributed by atoms with Gasteiger partial charge in [0.25, 0.3) is 0 Å². The number of carbonyl (C=O) groups is 2. The van der Waals surface area contributed by atoms with E-state index in [2.05, 4.69) is 5.32 Å². The van der Waals surface area contributed by atoms with Crippen LogP contribution in [-0.4, -0.2) is 50.5 Å². The Hall–Kier alpha value is -3.07. The molecule has 0 spiro atoms. The SMILES string of the molecule is Cc1cccc(CN(C(=O)CN(c2cc(Cl)ccc2Cl)S(C)(=O)=O)C(Cc2ccccc2)C(=O)NCC(C)C)c1. The van der Waals surface area contributed by atoms with Crippen molar-refractivity contribution in [2.45, 2.75) is 39.8 Å². The summed E-state index contributed by atoms with van der Waals surface area (Å²) in [6.45, 7) is 5.90. The number of nitrogens with one attached hydrogen (secondary N) is 1. The lowest BCUT2D eigenvalue weighted by molar-refractivity contribution is -0.140. The maximum absolute atomic E-state index is 14.1. The number of amides is 2. The van der Waals surface area contributed by atoms with Crippen LogP contribution in [0.25, 0.3) is 0 Å². The topological polar surface area (TPSA) is 86.8 Å². The molecular weight excluding hydrogens is 569 g/mol. The molecule has 40 heavy (non-hydrogen) atoms. The minimum Gasteiger partial charge on any atom is -0.354 e. The molecule has 0 saturated heterocycles. The number of nitrogens with zero attached hydrogens (tertiary/aromatic N) is 2. The lowest BCUT2D eigenvalue weighted by atomic mass is 10.0. The lowest BCUT2D eigenvalue weighted by Crippen LogP contribution is -2.53. The minimum atomic E-state index is -3.95. The number of halogens is 2. The molecule has 214 valence electrons. The normalized spacial score (nSPS) is 12.2. The number of hydrogen-bond donors (Lipinski definition) is 1. The van der Waals surface area contributed by atoms with Gasteiger partial charge in [-0.3, -0.25) is 13.9 Å². The van der Waals surface area contributed by atoms with Crippen molar-refractivity contribution >= 4 is 50.7 Å². The average Bonchev–Trinajstić information content (AvgIpc) is 2.89. The summed E-state index contributed by atoms with van der Waals surface area (Å²) in [5, 5.41) is 3.36. The van der Waals surface area contributed by atoms with Gasteiger partial charge in [0, 0.05) is 24.5 Å². The first-order valence-corrected chi connectivity index (χ1v) is 15.5. The Kier molecular flexibility index (Phi) is 11.0. The Balaban J connectivity index is 2.07. The predicted molar refractivity (Wildman–Crippen MR) is 162 cm³/mol. The van der Waals surface area contributed by atoms with E-state index < -0.39 is 28.5 Å². The van der Waals surface area contributed by atoms with Crippen LogP contribution in [0.5, 0.6) is 0 Å². The Morgan fingerprint density at radius 2 is 1.60 bits per heavy atom. The van der Waals surface area contributed by atoms with E-state index >= 15 is 0 Å². The third-order valence-electron chi connectivity index (χ3n) is 6.25. The fourth-order valence-electron chi connectivity index (χ4n) is 4.26. The van der Waals surface area contributed by atoms with E-state index in [4.69, 9.17) is 23.2 Å². The first-order chi connectivity index (χ1) is 18.8. The highest BCUT2D eigenvalue weighted by Gasteiger charge is 2.33. The van der Waals surface area contributed by atoms with Crippen molar-refractivity contribution in [3.63, 3.8) is 0 Å². The fourth-order valence-corrected chi connectivity index (χ4v) is 5.54. The van der Waals surface area contributed by atoms with Gasteiger partial charge in [-0.15, -0.1) is 0 Å². The molecular formula is C30H35Cl2N3O4S. The lowest BCUT2D eigenvalue weighted by Gasteiger charge is -2.34. The van der Waals surface area contributed by atoms with Crippen molar-refractivity contribution in [3.05, 3.63) is 99.5 Å². The van der Waals surface area contributed by atoms with E-state index in [1.165, 1.54) is 23.1 Å². The van der Waals surface area contributed by atoms with E-state index in [-0.39, 0.29) is 40.5 Å². The van der Waals surface area contributed by atoms with Gasteiger partial charge in [0.1, 0.15) is 12.6 Å². The molecule has 3 aromatic rings. The monoisotopic (exact) mass is 603 g/mol. The molecule has 0 aliphatic rings. The van der Waals surface area contributed by atoms with Crippen molar-refractivity contribution in [1.82, 2.24) is 10.2 Å². The number of anilines is 1. The molecule has 2 amide bonds. The third-order valence-corrected chi connectivity index (χ3v) is 7.93. The molecule has 0 bridgehead atoms. The molecule has 10 heteroatoms. The van der Waals surface area contributed by atoms with Gasteiger partial charge < -0.3 is 10.2 Å². The molecule has 3 rings (SSSR count). The van der Waals surface area contributed by atoms with Crippen molar-refractivity contribution in [2.75, 3.05) is 23.7 Å². The van der Waals surface area contributed by atoms with Gasteiger partial charge in [-0.2, -0.15) is 0 Å². The van der Waals surface area contributed by atoms with Crippen LogP contribution < -0.4 is 9.62 Å². The predicted octanol–water partition coefficient (Wildman–Crippen LogP) is 5.48. The maximum Gasteiger partial charge on any atom is 0.244 e. The summed E-state index contributed by atoms with van der Waals surface area (Å²) in [7, 11) is -3.95. The van der Waals surface area contributed by atoms with Crippen LogP contribution in [0.15, 0.2) is 72.8 Å². The first kappa shape index (κ1) is 31.5. The average molecular weight is 605 g/mol. The second-order valence-corrected chi connectivity index (χ2v) is 13.0. The molecule has 0 aliphatic carbocycles. The first-order valence-electron chi connectivity index (χ1n) is 12.9. The van der Waals surface area contributed by atoms with E-state index in [9.17, 15) is 18.0 Å². The molecule has 0 fully saturated rings. The van der Waals surface area contributed by atoms with Crippen LogP contribution >= 0.6 is 23.2 Å². The second kappa shape index (κ2) is 14.0. The van der Waals surface area contributed by atoms with Crippen LogP contribution in [0.2, 0.25) is 10.0 Å². The van der Waals surface area contributed by atoms with Gasteiger partial charge in [0.15, 0.2) is 0 Å². The molecule has 0 aromatic heterocycles. The van der Waals surface area contributed by atoms with Gasteiger partial charge in [0.2, 0.25) is 21.8 Å². The highest BCUT2D eigenvalue weighted by Crippen LogP contribution is 2.31. The number of benzene rings is 3. The van der Waals surface area contributed by atoms with E-state index in [1.807, 2.05) is 75.4 Å². The molecule has 1 atom stereocenters. The molecule has 3 aromatic carbocycles. The third kappa shape index (κ3) is 8.98. The zero-order valence-corrected chi connectivity index (χ0v) is 25.4. The number of sulfonamides is 1. The number of aryl methyl sites for hydroxylation is 1. The fraction of sp³-hybridized carbons (Fsp3) is 0.333. The standard InChI is InChI=1S/C30H35Cl2N3O4S/c1-21(2)18-33-30(37)28(16-23-10-6-5-7-11-23)34(19-24-12-8-9-22(3)15-24)29(36)20-35(40(4,38)39)27-17-25(31)13-14-26(27)32/h5-15,17,21,28H,16,18-20H2,1-4H3,(H,33,37). The summed E-state index contributed by atoms with van der Waals surface area (Å²) in [4.78, 5) is 29.2. The van der Waals surface area contributed by atoms with Crippen LogP contribution in [0.1, 0.15) is 30.5 Å². The Labute approximate surface area is 247 Å². The molecule has 7 nitrogen and oxygen atoms in total. The molecule has 1 unspecified atom stereocenters. The maximum atomic E-state index is 14.1. The molecule has 0 aliphatic heterocycles. The van der Waals surface area contributed by atoms with Crippen molar-refractivity contribution in [3.8, 4) is 0 Å². The molecule has 0 heterocycles. The zero-order valence-electron chi connectivity index (χ0n) is 23.1. The quantitative estimate of drug-likeness (QED) is 0.297. The molecule has 1 N–H and O–H groups in total. The van der Waals surface area contributed by atoms with Crippen molar-refractivity contribution in [1.29, 1.82) is 0 Å². The zero-order chi connectivity index (χ0) is 29.4. The summed E-state index contributed by atoms with van der Waals surface area (Å²) in [6.07, 6.45) is 1.25. The number of hydrogen-bond acceptors (Lipinski definition) is 4. The summed E-state index contributed by atoms with van der Waals surface area (Å²) in [5.74, 6) is -0.665. The number of carbonyl (C=O) groups excluding carboxylic acids is 2. The Morgan fingerprint density at radius 3 is 2.23 bits per heavy atom. The van der Waals surface area contributed by atoms with Gasteiger partial charge in [-0.25, -0.2) is 8.42 Å². The molecule has 0 radical (unpaired) electrons. The van der Waals surface area contributed by atoms with Crippen LogP contribution in [-0.2, 0) is 32.6 Å². The van der Waals surface area contributed by atoms with Gasteiger partial charge in [0.05, 0.1) is 17.0 Å². The summed E-state index contributed by atoms with van der Waals surface area (Å²) >= 11 is 12.5.